The number of para-hydroxylation sites is 2. The van der Waals surface area contributed by atoms with Crippen LogP contribution in [0.25, 0.3) is 11.1 Å². The quantitative estimate of drug-likeness (QED) is 0.632. The SMILES string of the molecule is FC(F)(F)n1c(=S)oc2ccccc21. The first-order chi connectivity index (χ1) is 6.50. The van der Waals surface area contributed by atoms with Crippen molar-refractivity contribution < 1.29 is 17.6 Å². The Morgan fingerprint density at radius 3 is 2.50 bits per heavy atom. The van der Waals surface area contributed by atoms with Crippen molar-refractivity contribution in [3.05, 3.63) is 29.1 Å². The van der Waals surface area contributed by atoms with Crippen molar-refractivity contribution >= 4 is 23.3 Å². The summed E-state index contributed by atoms with van der Waals surface area (Å²) in [6.07, 6.45) is -4.54. The number of rotatable bonds is 0. The fraction of sp³-hybridized carbons (Fsp3) is 0.125. The Labute approximate surface area is 81.6 Å². The van der Waals surface area contributed by atoms with Crippen molar-refractivity contribution in [1.82, 2.24) is 4.57 Å². The van der Waals surface area contributed by atoms with Crippen molar-refractivity contribution in [2.24, 2.45) is 0 Å². The molecule has 0 aliphatic carbocycles. The van der Waals surface area contributed by atoms with E-state index in [-0.39, 0.29) is 15.7 Å². The summed E-state index contributed by atoms with van der Waals surface area (Å²) in [5, 5.41) is 0. The summed E-state index contributed by atoms with van der Waals surface area (Å²) in [6, 6.07) is 5.83. The number of benzene rings is 1. The number of alkyl halides is 3. The van der Waals surface area contributed by atoms with Gasteiger partial charge < -0.3 is 4.42 Å². The van der Waals surface area contributed by atoms with Gasteiger partial charge in [-0.3, -0.25) is 0 Å². The molecule has 0 amide bonds. The van der Waals surface area contributed by atoms with Crippen LogP contribution in [0.4, 0.5) is 13.2 Å². The second-order valence-electron chi connectivity index (χ2n) is 2.64. The van der Waals surface area contributed by atoms with Gasteiger partial charge in [-0.05, 0) is 24.4 Å². The van der Waals surface area contributed by atoms with E-state index in [1.165, 1.54) is 18.2 Å². The summed E-state index contributed by atoms with van der Waals surface area (Å²) >= 11 is 4.48. The van der Waals surface area contributed by atoms with Gasteiger partial charge in [-0.25, -0.2) is 4.57 Å². The third-order valence-corrected chi connectivity index (χ3v) is 2.01. The molecule has 0 N–H and O–H groups in total. The lowest BCUT2D eigenvalue weighted by atomic mass is 10.3. The molecule has 0 radical (unpaired) electrons. The molecule has 14 heavy (non-hydrogen) atoms. The number of fused-ring (bicyclic) bond motifs is 1. The highest BCUT2D eigenvalue weighted by Crippen LogP contribution is 2.29. The molecule has 0 aliphatic rings. The van der Waals surface area contributed by atoms with Crippen molar-refractivity contribution in [1.29, 1.82) is 0 Å². The van der Waals surface area contributed by atoms with E-state index in [4.69, 9.17) is 4.42 Å². The molecule has 0 bridgehead atoms. The number of nitrogens with zero attached hydrogens (tertiary/aromatic N) is 1. The molecule has 0 spiro atoms. The molecular weight excluding hydrogens is 215 g/mol. The number of hydrogen-bond donors (Lipinski definition) is 0. The maximum absolute atomic E-state index is 12.4. The van der Waals surface area contributed by atoms with Gasteiger partial charge in [0.15, 0.2) is 5.58 Å². The van der Waals surface area contributed by atoms with Gasteiger partial charge in [0.05, 0.1) is 5.52 Å². The summed E-state index contributed by atoms with van der Waals surface area (Å²) in [5.41, 5.74) is 0.0693. The molecule has 0 atom stereocenters. The van der Waals surface area contributed by atoms with E-state index in [0.717, 1.165) is 0 Å². The van der Waals surface area contributed by atoms with Gasteiger partial charge in [0.2, 0.25) is 0 Å². The van der Waals surface area contributed by atoms with Crippen molar-refractivity contribution in [3.63, 3.8) is 0 Å². The molecule has 1 aromatic carbocycles. The molecular formula is C8H4F3NOS. The van der Waals surface area contributed by atoms with E-state index in [1.54, 1.807) is 6.07 Å². The van der Waals surface area contributed by atoms with Crippen LogP contribution in [0.3, 0.4) is 0 Å². The largest absolute Gasteiger partial charge is 0.492 e. The van der Waals surface area contributed by atoms with E-state index < -0.39 is 11.1 Å². The third-order valence-electron chi connectivity index (χ3n) is 1.74. The second-order valence-corrected chi connectivity index (χ2v) is 2.99. The summed E-state index contributed by atoms with van der Waals surface area (Å²) in [5.74, 6) is 0. The third kappa shape index (κ3) is 1.31. The molecule has 0 saturated heterocycles. The standard InChI is InChI=1S/C8H4F3NOS/c9-8(10,11)12-5-3-1-2-4-6(5)13-7(12)14/h1-4H. The summed E-state index contributed by atoms with van der Waals surface area (Å²) in [7, 11) is 0. The first kappa shape index (κ1) is 9.26. The van der Waals surface area contributed by atoms with Gasteiger partial charge in [-0.1, -0.05) is 12.1 Å². The lowest BCUT2D eigenvalue weighted by molar-refractivity contribution is -0.203. The minimum atomic E-state index is -4.54. The zero-order valence-electron chi connectivity index (χ0n) is 6.71. The van der Waals surface area contributed by atoms with Gasteiger partial charge >= 0.3 is 6.30 Å². The van der Waals surface area contributed by atoms with Crippen LogP contribution < -0.4 is 0 Å². The molecule has 0 saturated carbocycles. The number of hydrogen-bond acceptors (Lipinski definition) is 2. The Hall–Kier alpha value is -1.30. The maximum atomic E-state index is 12.4. The maximum Gasteiger partial charge on any atom is 0.492 e. The Morgan fingerprint density at radius 2 is 1.86 bits per heavy atom. The molecule has 6 heteroatoms. The fourth-order valence-corrected chi connectivity index (χ4v) is 1.50. The minimum Gasteiger partial charge on any atom is -0.429 e. The number of oxazole rings is 1. The summed E-state index contributed by atoms with van der Waals surface area (Å²) in [4.78, 5) is -0.585. The highest BCUT2D eigenvalue weighted by Gasteiger charge is 2.34. The molecule has 1 aromatic heterocycles. The fourth-order valence-electron chi connectivity index (χ4n) is 1.21. The molecule has 0 aliphatic heterocycles. The van der Waals surface area contributed by atoms with Crippen LogP contribution in [-0.4, -0.2) is 4.57 Å². The Morgan fingerprint density at radius 1 is 1.21 bits per heavy atom. The highest BCUT2D eigenvalue weighted by atomic mass is 32.1. The second kappa shape index (κ2) is 2.84. The van der Waals surface area contributed by atoms with Crippen LogP contribution >= 0.6 is 12.2 Å². The van der Waals surface area contributed by atoms with Gasteiger partial charge in [-0.15, -0.1) is 13.2 Å². The molecule has 2 nitrogen and oxygen atoms in total. The number of halogens is 3. The van der Waals surface area contributed by atoms with E-state index >= 15 is 0 Å². The van der Waals surface area contributed by atoms with Crippen LogP contribution in [0.2, 0.25) is 0 Å². The Kier molecular flexibility index (Phi) is 1.88. The van der Waals surface area contributed by atoms with Crippen LogP contribution in [0.1, 0.15) is 0 Å². The van der Waals surface area contributed by atoms with Crippen molar-refractivity contribution in [3.8, 4) is 0 Å². The van der Waals surface area contributed by atoms with Gasteiger partial charge in [0.25, 0.3) is 4.84 Å². The van der Waals surface area contributed by atoms with Gasteiger partial charge in [0, 0.05) is 0 Å². The molecule has 0 fully saturated rings. The van der Waals surface area contributed by atoms with E-state index in [9.17, 15) is 13.2 Å². The Bertz CT molecular complexity index is 525. The predicted octanol–water partition coefficient (Wildman–Crippen LogP) is 3.44. The predicted molar refractivity (Wildman–Crippen MR) is 46.3 cm³/mol. The van der Waals surface area contributed by atoms with Gasteiger partial charge in [0.1, 0.15) is 0 Å². The average Bonchev–Trinajstić information content (AvgIpc) is 2.38. The van der Waals surface area contributed by atoms with E-state index in [0.29, 0.717) is 0 Å². The Balaban J connectivity index is 2.88. The lowest BCUT2D eigenvalue weighted by Crippen LogP contribution is -2.16. The molecule has 1 heterocycles. The summed E-state index contributed by atoms with van der Waals surface area (Å²) < 4.78 is 42.2. The molecule has 74 valence electrons. The first-order valence-corrected chi connectivity index (χ1v) is 4.09. The monoisotopic (exact) mass is 219 g/mol. The van der Waals surface area contributed by atoms with Crippen LogP contribution in [0, 0.1) is 4.84 Å². The first-order valence-electron chi connectivity index (χ1n) is 3.68. The zero-order valence-corrected chi connectivity index (χ0v) is 7.52. The minimum absolute atomic E-state index is 0.0394. The van der Waals surface area contributed by atoms with Crippen LogP contribution in [-0.2, 0) is 6.30 Å². The van der Waals surface area contributed by atoms with Crippen molar-refractivity contribution in [2.45, 2.75) is 6.30 Å². The molecule has 0 unspecified atom stereocenters. The van der Waals surface area contributed by atoms with E-state index in [1.807, 2.05) is 0 Å². The normalized spacial score (nSPS) is 12.2. The van der Waals surface area contributed by atoms with Crippen molar-refractivity contribution in [2.75, 3.05) is 0 Å². The molecule has 2 rings (SSSR count). The van der Waals surface area contributed by atoms with Crippen LogP contribution in [0.15, 0.2) is 28.7 Å². The summed E-state index contributed by atoms with van der Waals surface area (Å²) in [6.45, 7) is 0. The highest BCUT2D eigenvalue weighted by molar-refractivity contribution is 7.71. The number of aromatic nitrogens is 1. The van der Waals surface area contributed by atoms with E-state index in [2.05, 4.69) is 12.2 Å². The topological polar surface area (TPSA) is 18.1 Å². The zero-order chi connectivity index (χ0) is 10.3. The average molecular weight is 219 g/mol. The van der Waals surface area contributed by atoms with Gasteiger partial charge in [-0.2, -0.15) is 0 Å². The smallest absolute Gasteiger partial charge is 0.429 e. The lowest BCUT2D eigenvalue weighted by Gasteiger charge is -2.06. The van der Waals surface area contributed by atoms with Crippen LogP contribution in [0.5, 0.6) is 0 Å². The molecule has 2 aromatic rings.